The number of hydrogen-bond donors (Lipinski definition) is 0. The Morgan fingerprint density at radius 2 is 2.11 bits per heavy atom. The molecule has 0 aromatic heterocycles. The van der Waals surface area contributed by atoms with E-state index < -0.39 is 0 Å². The summed E-state index contributed by atoms with van der Waals surface area (Å²) in [5.74, 6) is 0.179. The maximum Gasteiger partial charge on any atom is 0.311 e. The first-order valence-electron chi connectivity index (χ1n) is 6.15. The predicted molar refractivity (Wildman–Crippen MR) is 65.0 cm³/mol. The van der Waals surface area contributed by atoms with E-state index in [0.717, 1.165) is 12.8 Å². The van der Waals surface area contributed by atoms with Gasteiger partial charge in [0, 0.05) is 12.3 Å². The van der Waals surface area contributed by atoms with Gasteiger partial charge in [-0.15, -0.1) is 0 Å². The van der Waals surface area contributed by atoms with Gasteiger partial charge in [-0.25, -0.2) is 0 Å². The minimum Gasteiger partial charge on any atom is -0.465 e. The Morgan fingerprint density at radius 1 is 1.33 bits per heavy atom. The van der Waals surface area contributed by atoms with Crippen molar-refractivity contribution in [2.45, 2.75) is 25.7 Å². The van der Waals surface area contributed by atoms with E-state index in [-0.39, 0.29) is 17.9 Å². The van der Waals surface area contributed by atoms with E-state index in [9.17, 15) is 9.59 Å². The highest BCUT2D eigenvalue weighted by Gasteiger charge is 2.21. The summed E-state index contributed by atoms with van der Waals surface area (Å²) in [6.07, 6.45) is 2.35. The molecule has 0 bridgehead atoms. The first-order chi connectivity index (χ1) is 8.74. The van der Waals surface area contributed by atoms with Gasteiger partial charge in [-0.2, -0.15) is 0 Å². The van der Waals surface area contributed by atoms with Crippen molar-refractivity contribution >= 4 is 11.9 Å². The van der Waals surface area contributed by atoms with Crippen LogP contribution < -0.4 is 4.74 Å². The smallest absolute Gasteiger partial charge is 0.311 e. The average Bonchev–Trinajstić information content (AvgIpc) is 2.56. The number of benzene rings is 1. The highest BCUT2D eigenvalue weighted by molar-refractivity contribution is 5.73. The maximum absolute atomic E-state index is 11.7. The third-order valence-corrected chi connectivity index (χ3v) is 2.90. The zero-order chi connectivity index (χ0) is 12.8. The van der Waals surface area contributed by atoms with Crippen LogP contribution in [0.3, 0.4) is 0 Å². The SMILES string of the molecule is O=C1CCCC(CC(=O)Oc2ccccc2)CO1. The van der Waals surface area contributed by atoms with Crippen molar-refractivity contribution in [1.82, 2.24) is 0 Å². The second kappa shape index (κ2) is 6.19. The van der Waals surface area contributed by atoms with Crippen molar-refractivity contribution in [3.05, 3.63) is 30.3 Å². The highest BCUT2D eigenvalue weighted by Crippen LogP contribution is 2.19. The third-order valence-electron chi connectivity index (χ3n) is 2.90. The van der Waals surface area contributed by atoms with E-state index in [0.29, 0.717) is 25.2 Å². The number of hydrogen-bond acceptors (Lipinski definition) is 4. The van der Waals surface area contributed by atoms with Crippen LogP contribution in [0, 0.1) is 5.92 Å². The molecule has 1 aromatic rings. The number of para-hydroxylation sites is 1. The van der Waals surface area contributed by atoms with Gasteiger partial charge in [0.25, 0.3) is 0 Å². The van der Waals surface area contributed by atoms with Crippen molar-refractivity contribution in [2.75, 3.05) is 6.61 Å². The van der Waals surface area contributed by atoms with E-state index in [1.165, 1.54) is 0 Å². The highest BCUT2D eigenvalue weighted by atomic mass is 16.5. The van der Waals surface area contributed by atoms with Crippen molar-refractivity contribution in [1.29, 1.82) is 0 Å². The molecule has 0 N–H and O–H groups in total. The third kappa shape index (κ3) is 3.87. The predicted octanol–water partition coefficient (Wildman–Crippen LogP) is 2.33. The van der Waals surface area contributed by atoms with E-state index >= 15 is 0 Å². The average molecular weight is 248 g/mol. The summed E-state index contributed by atoms with van der Waals surface area (Å²) in [6, 6.07) is 8.98. The summed E-state index contributed by atoms with van der Waals surface area (Å²) in [6.45, 7) is 0.322. The van der Waals surface area contributed by atoms with Crippen LogP contribution in [0.4, 0.5) is 0 Å². The summed E-state index contributed by atoms with van der Waals surface area (Å²) in [7, 11) is 0. The molecule has 0 amide bonds. The molecule has 18 heavy (non-hydrogen) atoms. The molecule has 1 aliphatic heterocycles. The summed E-state index contributed by atoms with van der Waals surface area (Å²) < 4.78 is 10.2. The normalized spacial score (nSPS) is 19.8. The van der Waals surface area contributed by atoms with Crippen molar-refractivity contribution < 1.29 is 19.1 Å². The van der Waals surface area contributed by atoms with Gasteiger partial charge in [-0.1, -0.05) is 18.2 Å². The van der Waals surface area contributed by atoms with Gasteiger partial charge in [0.1, 0.15) is 5.75 Å². The van der Waals surface area contributed by atoms with E-state index in [4.69, 9.17) is 9.47 Å². The molecular formula is C14H16O4. The quantitative estimate of drug-likeness (QED) is 0.608. The summed E-state index contributed by atoms with van der Waals surface area (Å²) >= 11 is 0. The Morgan fingerprint density at radius 3 is 2.89 bits per heavy atom. The van der Waals surface area contributed by atoms with Gasteiger partial charge in [0.15, 0.2) is 0 Å². The van der Waals surface area contributed by atoms with Crippen LogP contribution in [-0.4, -0.2) is 18.5 Å². The summed E-state index contributed by atoms with van der Waals surface area (Å²) in [5, 5.41) is 0. The lowest BCUT2D eigenvalue weighted by Gasteiger charge is -2.12. The van der Waals surface area contributed by atoms with Gasteiger partial charge in [0.2, 0.25) is 0 Å². The molecular weight excluding hydrogens is 232 g/mol. The Kier molecular flexibility index (Phi) is 4.34. The minimum absolute atomic E-state index is 0.0765. The van der Waals surface area contributed by atoms with Crippen molar-refractivity contribution in [3.8, 4) is 5.75 Å². The number of carbonyl (C=O) groups is 2. The molecule has 0 spiro atoms. The standard InChI is InChI=1S/C14H16O4/c15-13-8-4-5-11(10-17-13)9-14(16)18-12-6-2-1-3-7-12/h1-3,6-7,11H,4-5,8-10H2. The van der Waals surface area contributed by atoms with Crippen LogP contribution in [0.2, 0.25) is 0 Å². The topological polar surface area (TPSA) is 52.6 Å². The monoisotopic (exact) mass is 248 g/mol. The van der Waals surface area contributed by atoms with Gasteiger partial charge < -0.3 is 9.47 Å². The first kappa shape index (κ1) is 12.6. The van der Waals surface area contributed by atoms with Gasteiger partial charge in [-0.05, 0) is 25.0 Å². The Labute approximate surface area is 106 Å². The van der Waals surface area contributed by atoms with Crippen LogP contribution in [0.25, 0.3) is 0 Å². The Balaban J connectivity index is 1.82. The van der Waals surface area contributed by atoms with E-state index in [1.807, 2.05) is 18.2 Å². The molecule has 96 valence electrons. The molecule has 2 rings (SSSR count). The molecule has 1 unspecified atom stereocenters. The van der Waals surface area contributed by atoms with Crippen LogP contribution in [0.5, 0.6) is 5.75 Å². The zero-order valence-corrected chi connectivity index (χ0v) is 10.1. The molecule has 1 heterocycles. The fraction of sp³-hybridized carbons (Fsp3) is 0.429. The molecule has 1 aliphatic rings. The van der Waals surface area contributed by atoms with Crippen LogP contribution >= 0.6 is 0 Å². The summed E-state index contributed by atoms with van der Waals surface area (Å²) in [5.41, 5.74) is 0. The fourth-order valence-electron chi connectivity index (χ4n) is 1.96. The van der Waals surface area contributed by atoms with Gasteiger partial charge in [-0.3, -0.25) is 9.59 Å². The molecule has 0 saturated carbocycles. The van der Waals surface area contributed by atoms with Crippen LogP contribution in [-0.2, 0) is 14.3 Å². The van der Waals surface area contributed by atoms with Crippen molar-refractivity contribution in [3.63, 3.8) is 0 Å². The van der Waals surface area contributed by atoms with E-state index in [1.54, 1.807) is 12.1 Å². The van der Waals surface area contributed by atoms with E-state index in [2.05, 4.69) is 0 Å². The van der Waals surface area contributed by atoms with Crippen LogP contribution in [0.1, 0.15) is 25.7 Å². The molecule has 1 aromatic carbocycles. The second-order valence-electron chi connectivity index (χ2n) is 4.43. The van der Waals surface area contributed by atoms with Gasteiger partial charge in [0.05, 0.1) is 13.0 Å². The minimum atomic E-state index is -0.274. The molecule has 0 radical (unpaired) electrons. The summed E-state index contributed by atoms with van der Waals surface area (Å²) in [4.78, 5) is 22.8. The Bertz CT molecular complexity index is 413. The molecule has 1 atom stereocenters. The second-order valence-corrected chi connectivity index (χ2v) is 4.43. The number of ether oxygens (including phenoxy) is 2. The molecule has 1 saturated heterocycles. The molecule has 0 aliphatic carbocycles. The number of carbonyl (C=O) groups excluding carboxylic acids is 2. The number of rotatable bonds is 3. The molecule has 4 heteroatoms. The molecule has 1 fully saturated rings. The molecule has 4 nitrogen and oxygen atoms in total. The lowest BCUT2D eigenvalue weighted by Crippen LogP contribution is -2.17. The van der Waals surface area contributed by atoms with Crippen LogP contribution in [0.15, 0.2) is 30.3 Å². The largest absolute Gasteiger partial charge is 0.465 e. The number of esters is 2. The number of cyclic esters (lactones) is 1. The van der Waals surface area contributed by atoms with Crippen molar-refractivity contribution in [2.24, 2.45) is 5.92 Å². The zero-order valence-electron chi connectivity index (χ0n) is 10.1. The maximum atomic E-state index is 11.7. The lowest BCUT2D eigenvalue weighted by molar-refractivity contribution is -0.145. The lowest BCUT2D eigenvalue weighted by atomic mass is 10.0. The first-order valence-corrected chi connectivity index (χ1v) is 6.15. The fourth-order valence-corrected chi connectivity index (χ4v) is 1.96. The van der Waals surface area contributed by atoms with Gasteiger partial charge >= 0.3 is 11.9 Å². The Hall–Kier alpha value is -1.84.